The lowest BCUT2D eigenvalue weighted by Crippen LogP contribution is -2.10. The first-order valence-electron chi connectivity index (χ1n) is 7.46. The number of hydrogen-bond acceptors (Lipinski definition) is 3. The highest BCUT2D eigenvalue weighted by molar-refractivity contribution is 5.51. The van der Waals surface area contributed by atoms with Crippen LogP contribution in [0.4, 0.5) is 5.69 Å². The second kappa shape index (κ2) is 6.08. The van der Waals surface area contributed by atoms with Crippen LogP contribution in [0.15, 0.2) is 42.5 Å². The van der Waals surface area contributed by atoms with Crippen LogP contribution in [0.1, 0.15) is 30.5 Å². The number of benzene rings is 2. The Morgan fingerprint density at radius 3 is 2.95 bits per heavy atom. The van der Waals surface area contributed by atoms with E-state index in [1.807, 2.05) is 18.2 Å². The quantitative estimate of drug-likeness (QED) is 0.892. The summed E-state index contributed by atoms with van der Waals surface area (Å²) in [6.07, 6.45) is 2.04. The normalized spacial score (nSPS) is 14.2. The minimum Gasteiger partial charge on any atom is -0.497 e. The molecule has 3 nitrogen and oxygen atoms in total. The molecule has 0 aliphatic carbocycles. The molecule has 1 aliphatic rings. The number of nitrogens with one attached hydrogen (secondary N) is 1. The summed E-state index contributed by atoms with van der Waals surface area (Å²) in [5, 5.41) is 3.59. The third kappa shape index (κ3) is 2.97. The van der Waals surface area contributed by atoms with Gasteiger partial charge in [-0.25, -0.2) is 0 Å². The average Bonchev–Trinajstić information content (AvgIpc) is 3.00. The summed E-state index contributed by atoms with van der Waals surface area (Å²) >= 11 is 0. The van der Waals surface area contributed by atoms with Gasteiger partial charge < -0.3 is 14.8 Å². The van der Waals surface area contributed by atoms with Crippen molar-refractivity contribution in [2.45, 2.75) is 25.8 Å². The van der Waals surface area contributed by atoms with E-state index in [4.69, 9.17) is 9.47 Å². The number of rotatable bonds is 5. The lowest BCUT2D eigenvalue weighted by molar-refractivity contribution is 0.357. The van der Waals surface area contributed by atoms with Crippen molar-refractivity contribution in [2.75, 3.05) is 19.0 Å². The average molecular weight is 283 g/mol. The fourth-order valence-electron chi connectivity index (χ4n) is 2.76. The standard InChI is InChI=1S/C18H21NO2/c1-3-17(19-15-5-4-6-16(12-15)20-2)13-7-8-18-14(11-13)9-10-21-18/h4-8,11-12,17,19H,3,9-10H2,1-2H3. The van der Waals surface area contributed by atoms with E-state index in [2.05, 4.69) is 36.5 Å². The first-order valence-corrected chi connectivity index (χ1v) is 7.46. The Bertz CT molecular complexity index is 624. The van der Waals surface area contributed by atoms with Gasteiger partial charge in [-0.05, 0) is 41.8 Å². The molecule has 3 rings (SSSR count). The Morgan fingerprint density at radius 1 is 1.24 bits per heavy atom. The highest BCUT2D eigenvalue weighted by atomic mass is 16.5. The Hall–Kier alpha value is -2.16. The zero-order chi connectivity index (χ0) is 14.7. The summed E-state index contributed by atoms with van der Waals surface area (Å²) in [5.74, 6) is 1.91. The number of ether oxygens (including phenoxy) is 2. The lowest BCUT2D eigenvalue weighted by atomic mass is 10.0. The largest absolute Gasteiger partial charge is 0.497 e. The SMILES string of the molecule is CCC(Nc1cccc(OC)c1)c1ccc2c(c1)CCO2. The maximum absolute atomic E-state index is 5.58. The van der Waals surface area contributed by atoms with Crippen LogP contribution in [-0.2, 0) is 6.42 Å². The summed E-state index contributed by atoms with van der Waals surface area (Å²) < 4.78 is 10.9. The molecule has 21 heavy (non-hydrogen) atoms. The van der Waals surface area contributed by atoms with Gasteiger partial charge in [0.25, 0.3) is 0 Å². The molecule has 1 atom stereocenters. The van der Waals surface area contributed by atoms with Crippen LogP contribution < -0.4 is 14.8 Å². The highest BCUT2D eigenvalue weighted by Crippen LogP contribution is 2.31. The molecule has 0 aromatic heterocycles. The molecule has 2 aromatic rings. The Balaban J connectivity index is 1.81. The van der Waals surface area contributed by atoms with E-state index in [1.165, 1.54) is 11.1 Å². The smallest absolute Gasteiger partial charge is 0.122 e. The van der Waals surface area contributed by atoms with Crippen molar-refractivity contribution in [1.82, 2.24) is 0 Å². The lowest BCUT2D eigenvalue weighted by Gasteiger charge is -2.20. The van der Waals surface area contributed by atoms with Crippen LogP contribution in [0.3, 0.4) is 0 Å². The van der Waals surface area contributed by atoms with E-state index in [9.17, 15) is 0 Å². The molecular weight excluding hydrogens is 262 g/mol. The first kappa shape index (κ1) is 13.8. The van der Waals surface area contributed by atoms with Gasteiger partial charge in [-0.1, -0.05) is 19.1 Å². The van der Waals surface area contributed by atoms with Crippen molar-refractivity contribution in [1.29, 1.82) is 0 Å². The molecule has 0 radical (unpaired) electrons. The molecule has 0 bridgehead atoms. The molecule has 1 heterocycles. The van der Waals surface area contributed by atoms with Gasteiger partial charge in [0.05, 0.1) is 19.8 Å². The van der Waals surface area contributed by atoms with E-state index < -0.39 is 0 Å². The molecule has 1 aliphatic heterocycles. The van der Waals surface area contributed by atoms with Crippen molar-refractivity contribution in [3.8, 4) is 11.5 Å². The van der Waals surface area contributed by atoms with Gasteiger partial charge in [0.2, 0.25) is 0 Å². The van der Waals surface area contributed by atoms with Crippen molar-refractivity contribution in [3.05, 3.63) is 53.6 Å². The molecular formula is C18H21NO2. The Morgan fingerprint density at radius 2 is 2.14 bits per heavy atom. The van der Waals surface area contributed by atoms with Gasteiger partial charge in [0, 0.05) is 18.2 Å². The fraction of sp³-hybridized carbons (Fsp3) is 0.333. The van der Waals surface area contributed by atoms with Crippen molar-refractivity contribution in [3.63, 3.8) is 0 Å². The maximum atomic E-state index is 5.58. The van der Waals surface area contributed by atoms with E-state index in [0.717, 1.165) is 36.6 Å². The predicted molar refractivity (Wildman–Crippen MR) is 85.3 cm³/mol. The van der Waals surface area contributed by atoms with Gasteiger partial charge >= 0.3 is 0 Å². The van der Waals surface area contributed by atoms with Gasteiger partial charge in [0.1, 0.15) is 11.5 Å². The van der Waals surface area contributed by atoms with Crippen LogP contribution in [-0.4, -0.2) is 13.7 Å². The van der Waals surface area contributed by atoms with E-state index in [0.29, 0.717) is 6.04 Å². The highest BCUT2D eigenvalue weighted by Gasteiger charge is 2.16. The molecule has 0 amide bonds. The summed E-state index contributed by atoms with van der Waals surface area (Å²) in [4.78, 5) is 0. The summed E-state index contributed by atoms with van der Waals surface area (Å²) in [7, 11) is 1.69. The maximum Gasteiger partial charge on any atom is 0.122 e. The molecule has 3 heteroatoms. The molecule has 0 fully saturated rings. The van der Waals surface area contributed by atoms with Crippen LogP contribution in [0, 0.1) is 0 Å². The molecule has 0 spiro atoms. The van der Waals surface area contributed by atoms with Crippen LogP contribution in [0.2, 0.25) is 0 Å². The molecule has 1 N–H and O–H groups in total. The topological polar surface area (TPSA) is 30.5 Å². The van der Waals surface area contributed by atoms with Gasteiger partial charge in [0.15, 0.2) is 0 Å². The summed E-state index contributed by atoms with van der Waals surface area (Å²) in [6, 6.07) is 14.9. The number of hydrogen-bond donors (Lipinski definition) is 1. The fourth-order valence-corrected chi connectivity index (χ4v) is 2.76. The third-order valence-corrected chi connectivity index (χ3v) is 3.93. The van der Waals surface area contributed by atoms with Gasteiger partial charge in [-0.2, -0.15) is 0 Å². The van der Waals surface area contributed by atoms with Crippen LogP contribution in [0.25, 0.3) is 0 Å². The minimum atomic E-state index is 0.294. The number of methoxy groups -OCH3 is 1. The molecule has 0 saturated carbocycles. The second-order valence-electron chi connectivity index (χ2n) is 5.30. The monoisotopic (exact) mass is 283 g/mol. The zero-order valence-corrected chi connectivity index (χ0v) is 12.6. The molecule has 1 unspecified atom stereocenters. The first-order chi connectivity index (χ1) is 10.3. The van der Waals surface area contributed by atoms with E-state index >= 15 is 0 Å². The molecule has 0 saturated heterocycles. The Kier molecular flexibility index (Phi) is 4.00. The van der Waals surface area contributed by atoms with E-state index in [-0.39, 0.29) is 0 Å². The predicted octanol–water partition coefficient (Wildman–Crippen LogP) is 4.19. The number of fused-ring (bicyclic) bond motifs is 1. The zero-order valence-electron chi connectivity index (χ0n) is 12.6. The summed E-state index contributed by atoms with van der Waals surface area (Å²) in [6.45, 7) is 3.00. The summed E-state index contributed by atoms with van der Waals surface area (Å²) in [5.41, 5.74) is 3.71. The molecule has 110 valence electrons. The van der Waals surface area contributed by atoms with Gasteiger partial charge in [-0.15, -0.1) is 0 Å². The van der Waals surface area contributed by atoms with E-state index in [1.54, 1.807) is 7.11 Å². The van der Waals surface area contributed by atoms with Gasteiger partial charge in [-0.3, -0.25) is 0 Å². The van der Waals surface area contributed by atoms with Crippen molar-refractivity contribution < 1.29 is 9.47 Å². The Labute approximate surface area is 125 Å². The third-order valence-electron chi connectivity index (χ3n) is 3.93. The minimum absolute atomic E-state index is 0.294. The van der Waals surface area contributed by atoms with Crippen molar-refractivity contribution >= 4 is 5.69 Å². The van der Waals surface area contributed by atoms with Crippen LogP contribution >= 0.6 is 0 Å². The van der Waals surface area contributed by atoms with Crippen molar-refractivity contribution in [2.24, 2.45) is 0 Å². The number of anilines is 1. The molecule has 2 aromatic carbocycles. The van der Waals surface area contributed by atoms with Crippen LogP contribution in [0.5, 0.6) is 11.5 Å². The second-order valence-corrected chi connectivity index (χ2v) is 5.30.